The molecule has 2 rings (SSSR count). The maximum atomic E-state index is 13.6. The molecular weight excluding hydrogens is 272 g/mol. The number of hydrogen-bond acceptors (Lipinski definition) is 1. The lowest BCUT2D eigenvalue weighted by atomic mass is 9.73. The number of hydrogen-bond donors (Lipinski definition) is 1. The SMILES string of the molecule is CC(N)(c1cc(F)c(Cl)cc1Cl)C1CCCCC1. The van der Waals surface area contributed by atoms with Gasteiger partial charge in [-0.25, -0.2) is 4.39 Å². The fourth-order valence-electron chi connectivity index (χ4n) is 2.86. The lowest BCUT2D eigenvalue weighted by molar-refractivity contribution is 0.224. The van der Waals surface area contributed by atoms with Gasteiger partial charge in [-0.15, -0.1) is 0 Å². The van der Waals surface area contributed by atoms with E-state index in [1.54, 1.807) is 0 Å². The van der Waals surface area contributed by atoms with Crippen LogP contribution in [0.1, 0.15) is 44.6 Å². The minimum absolute atomic E-state index is 0.0446. The molecule has 1 nitrogen and oxygen atoms in total. The zero-order valence-corrected chi connectivity index (χ0v) is 12.0. The predicted octanol–water partition coefficient (Wildman–Crippen LogP) is 4.89. The van der Waals surface area contributed by atoms with Gasteiger partial charge in [-0.1, -0.05) is 42.5 Å². The minimum atomic E-state index is -0.594. The molecule has 100 valence electrons. The molecule has 18 heavy (non-hydrogen) atoms. The average Bonchev–Trinajstić information content (AvgIpc) is 2.34. The summed E-state index contributed by atoms with van der Waals surface area (Å²) in [6.07, 6.45) is 5.78. The Morgan fingerprint density at radius 2 is 1.78 bits per heavy atom. The molecule has 0 bridgehead atoms. The Morgan fingerprint density at radius 1 is 1.17 bits per heavy atom. The Kier molecular flexibility index (Phi) is 4.20. The van der Waals surface area contributed by atoms with Crippen LogP contribution in [0, 0.1) is 11.7 Å². The van der Waals surface area contributed by atoms with Crippen molar-refractivity contribution in [2.75, 3.05) is 0 Å². The van der Waals surface area contributed by atoms with Crippen molar-refractivity contribution >= 4 is 23.2 Å². The predicted molar refractivity (Wildman–Crippen MR) is 74.5 cm³/mol. The van der Waals surface area contributed by atoms with Crippen molar-refractivity contribution in [2.24, 2.45) is 11.7 Å². The van der Waals surface area contributed by atoms with E-state index in [0.29, 0.717) is 16.5 Å². The molecule has 4 heteroatoms. The zero-order valence-electron chi connectivity index (χ0n) is 10.5. The first kappa shape index (κ1) is 14.1. The highest BCUT2D eigenvalue weighted by atomic mass is 35.5. The Bertz CT molecular complexity index is 440. The maximum Gasteiger partial charge on any atom is 0.142 e. The first-order valence-electron chi connectivity index (χ1n) is 6.37. The highest BCUT2D eigenvalue weighted by Crippen LogP contribution is 2.40. The van der Waals surface area contributed by atoms with Crippen molar-refractivity contribution in [1.29, 1.82) is 0 Å². The molecule has 1 saturated carbocycles. The number of nitrogens with two attached hydrogens (primary N) is 1. The molecule has 1 aromatic rings. The third kappa shape index (κ3) is 2.66. The van der Waals surface area contributed by atoms with Crippen LogP contribution in [0.15, 0.2) is 12.1 Å². The highest BCUT2D eigenvalue weighted by molar-refractivity contribution is 6.35. The van der Waals surface area contributed by atoms with Crippen molar-refractivity contribution in [2.45, 2.75) is 44.6 Å². The summed E-state index contributed by atoms with van der Waals surface area (Å²) in [5.41, 5.74) is 6.51. The quantitative estimate of drug-likeness (QED) is 0.771. The third-order valence-corrected chi connectivity index (χ3v) is 4.65. The minimum Gasteiger partial charge on any atom is -0.321 e. The summed E-state index contributed by atoms with van der Waals surface area (Å²) in [7, 11) is 0. The Morgan fingerprint density at radius 3 is 2.39 bits per heavy atom. The Balaban J connectivity index is 2.36. The lowest BCUT2D eigenvalue weighted by Crippen LogP contribution is -2.42. The van der Waals surface area contributed by atoms with Gasteiger partial charge in [-0.05, 0) is 43.4 Å². The van der Waals surface area contributed by atoms with E-state index in [9.17, 15) is 4.39 Å². The highest BCUT2D eigenvalue weighted by Gasteiger charge is 2.34. The molecule has 0 spiro atoms. The first-order valence-corrected chi connectivity index (χ1v) is 7.12. The molecule has 2 N–H and O–H groups in total. The Hall–Kier alpha value is -0.310. The van der Waals surface area contributed by atoms with Crippen LogP contribution in [0.3, 0.4) is 0 Å². The van der Waals surface area contributed by atoms with Crippen molar-refractivity contribution in [3.05, 3.63) is 33.6 Å². The fourth-order valence-corrected chi connectivity index (χ4v) is 3.44. The molecule has 1 unspecified atom stereocenters. The zero-order chi connectivity index (χ0) is 13.3. The number of benzene rings is 1. The second kappa shape index (κ2) is 5.36. The Labute approximate surface area is 117 Å². The van der Waals surface area contributed by atoms with Crippen molar-refractivity contribution < 1.29 is 4.39 Å². The lowest BCUT2D eigenvalue weighted by Gasteiger charge is -2.37. The van der Waals surface area contributed by atoms with Gasteiger partial charge >= 0.3 is 0 Å². The second-order valence-electron chi connectivity index (χ2n) is 5.36. The molecule has 1 fully saturated rings. The maximum absolute atomic E-state index is 13.6. The molecular formula is C14H18Cl2FN. The van der Waals surface area contributed by atoms with Crippen molar-refractivity contribution in [1.82, 2.24) is 0 Å². The summed E-state index contributed by atoms with van der Waals surface area (Å²) >= 11 is 11.9. The summed E-state index contributed by atoms with van der Waals surface area (Å²) in [5, 5.41) is 0.500. The normalized spacial score (nSPS) is 20.7. The molecule has 1 aliphatic carbocycles. The van der Waals surface area contributed by atoms with Gasteiger partial charge in [0.25, 0.3) is 0 Å². The summed E-state index contributed by atoms with van der Waals surface area (Å²) in [5.74, 6) is -0.104. The summed E-state index contributed by atoms with van der Waals surface area (Å²) < 4.78 is 13.6. The van der Waals surface area contributed by atoms with Crippen LogP contribution in [0.25, 0.3) is 0 Å². The monoisotopic (exact) mass is 289 g/mol. The molecule has 1 atom stereocenters. The topological polar surface area (TPSA) is 26.0 Å². The van der Waals surface area contributed by atoms with Gasteiger partial charge in [-0.2, -0.15) is 0 Å². The van der Waals surface area contributed by atoms with Gasteiger partial charge in [0.15, 0.2) is 0 Å². The van der Waals surface area contributed by atoms with Crippen LogP contribution in [-0.4, -0.2) is 0 Å². The van der Waals surface area contributed by atoms with Crippen LogP contribution in [0.4, 0.5) is 4.39 Å². The van der Waals surface area contributed by atoms with Gasteiger partial charge < -0.3 is 5.73 Å². The standard InChI is InChI=1S/C14H18Cl2FN/c1-14(18,9-5-3-2-4-6-9)10-7-13(17)12(16)8-11(10)15/h7-9H,2-6,18H2,1H3. The molecule has 0 amide bonds. The largest absolute Gasteiger partial charge is 0.321 e. The van der Waals surface area contributed by atoms with E-state index in [-0.39, 0.29) is 5.02 Å². The molecule has 0 aromatic heterocycles. The van der Waals surface area contributed by atoms with E-state index < -0.39 is 11.4 Å². The summed E-state index contributed by atoms with van der Waals surface area (Å²) in [4.78, 5) is 0. The smallest absolute Gasteiger partial charge is 0.142 e. The summed E-state index contributed by atoms with van der Waals surface area (Å²) in [6, 6.07) is 2.83. The average molecular weight is 290 g/mol. The number of halogens is 3. The van der Waals surface area contributed by atoms with Crippen molar-refractivity contribution in [3.8, 4) is 0 Å². The van der Waals surface area contributed by atoms with E-state index in [0.717, 1.165) is 12.8 Å². The molecule has 0 saturated heterocycles. The molecule has 1 aromatic carbocycles. The van der Waals surface area contributed by atoms with Gasteiger partial charge in [0.1, 0.15) is 5.82 Å². The molecule has 0 radical (unpaired) electrons. The summed E-state index contributed by atoms with van der Waals surface area (Å²) in [6.45, 7) is 1.94. The molecule has 0 heterocycles. The third-order valence-electron chi connectivity index (χ3n) is 4.04. The van der Waals surface area contributed by atoms with Gasteiger partial charge in [-0.3, -0.25) is 0 Å². The van der Waals surface area contributed by atoms with Crippen LogP contribution in [0.2, 0.25) is 10.0 Å². The molecule has 0 aliphatic heterocycles. The van der Waals surface area contributed by atoms with E-state index >= 15 is 0 Å². The first-order chi connectivity index (χ1) is 8.43. The van der Waals surface area contributed by atoms with Crippen LogP contribution < -0.4 is 5.73 Å². The second-order valence-corrected chi connectivity index (χ2v) is 6.18. The van der Waals surface area contributed by atoms with Crippen LogP contribution in [-0.2, 0) is 5.54 Å². The van der Waals surface area contributed by atoms with Gasteiger partial charge in [0.2, 0.25) is 0 Å². The van der Waals surface area contributed by atoms with E-state index in [1.165, 1.54) is 31.4 Å². The van der Waals surface area contributed by atoms with E-state index in [1.807, 2.05) is 6.92 Å². The van der Waals surface area contributed by atoms with Crippen LogP contribution >= 0.6 is 23.2 Å². The fraction of sp³-hybridized carbons (Fsp3) is 0.571. The molecule has 1 aliphatic rings. The van der Waals surface area contributed by atoms with E-state index in [2.05, 4.69) is 0 Å². The van der Waals surface area contributed by atoms with Crippen LogP contribution in [0.5, 0.6) is 0 Å². The van der Waals surface area contributed by atoms with Gasteiger partial charge in [0, 0.05) is 10.6 Å². The van der Waals surface area contributed by atoms with Gasteiger partial charge in [0.05, 0.1) is 5.02 Å². The van der Waals surface area contributed by atoms with Crippen molar-refractivity contribution in [3.63, 3.8) is 0 Å². The number of rotatable bonds is 2. The van der Waals surface area contributed by atoms with E-state index in [4.69, 9.17) is 28.9 Å².